The third kappa shape index (κ3) is 2.06. The predicted octanol–water partition coefficient (Wildman–Crippen LogP) is 3.25. The van der Waals surface area contributed by atoms with Crippen molar-refractivity contribution in [1.82, 2.24) is 0 Å². The van der Waals surface area contributed by atoms with Gasteiger partial charge < -0.3 is 5.73 Å². The molecule has 0 radical (unpaired) electrons. The first kappa shape index (κ1) is 10.2. The number of nitrogens with two attached hydrogens (primary N) is 1. The molecule has 2 N–H and O–H groups in total. The molecule has 0 saturated carbocycles. The molecule has 0 bridgehead atoms. The van der Waals surface area contributed by atoms with Crippen LogP contribution in [0.2, 0.25) is 5.02 Å². The van der Waals surface area contributed by atoms with E-state index in [1.165, 1.54) is 6.92 Å². The van der Waals surface area contributed by atoms with Gasteiger partial charge in [0.25, 0.3) is 0 Å². The highest BCUT2D eigenvalue weighted by Crippen LogP contribution is 2.36. The molecular weight excluding hydrogens is 203 g/mol. The van der Waals surface area contributed by atoms with E-state index < -0.39 is 11.7 Å². The normalized spacial score (nSPS) is 11.8. The minimum absolute atomic E-state index is 0.262. The van der Waals surface area contributed by atoms with Crippen molar-refractivity contribution in [3.05, 3.63) is 28.3 Å². The SMILES string of the molecule is Cc1cc(C(F)(F)F)c(Cl)cc1N. The van der Waals surface area contributed by atoms with E-state index in [9.17, 15) is 13.2 Å². The number of anilines is 1. The van der Waals surface area contributed by atoms with E-state index in [0.717, 1.165) is 12.1 Å². The molecule has 1 aromatic carbocycles. The zero-order valence-corrected chi connectivity index (χ0v) is 7.50. The van der Waals surface area contributed by atoms with E-state index >= 15 is 0 Å². The average molecular weight is 210 g/mol. The molecule has 13 heavy (non-hydrogen) atoms. The highest BCUT2D eigenvalue weighted by Gasteiger charge is 2.33. The van der Waals surface area contributed by atoms with Crippen LogP contribution in [0.25, 0.3) is 0 Å². The van der Waals surface area contributed by atoms with Crippen LogP contribution < -0.4 is 5.73 Å². The molecule has 72 valence electrons. The minimum Gasteiger partial charge on any atom is -0.398 e. The Morgan fingerprint density at radius 2 is 1.85 bits per heavy atom. The van der Waals surface area contributed by atoms with Gasteiger partial charge in [0, 0.05) is 5.69 Å². The molecule has 0 unspecified atom stereocenters. The molecule has 1 nitrogen and oxygen atoms in total. The van der Waals surface area contributed by atoms with Crippen molar-refractivity contribution in [3.63, 3.8) is 0 Å². The van der Waals surface area contributed by atoms with Crippen LogP contribution in [0.1, 0.15) is 11.1 Å². The topological polar surface area (TPSA) is 26.0 Å². The van der Waals surface area contributed by atoms with Crippen molar-refractivity contribution in [1.29, 1.82) is 0 Å². The first-order chi connectivity index (χ1) is 5.82. The Labute approximate surface area is 78.3 Å². The predicted molar refractivity (Wildman–Crippen MR) is 45.6 cm³/mol. The van der Waals surface area contributed by atoms with Crippen LogP contribution in [0.3, 0.4) is 0 Å². The number of benzene rings is 1. The van der Waals surface area contributed by atoms with Crippen LogP contribution in [0.15, 0.2) is 12.1 Å². The lowest BCUT2D eigenvalue weighted by molar-refractivity contribution is -0.137. The fourth-order valence-corrected chi connectivity index (χ4v) is 1.19. The molecular formula is C8H7ClF3N. The molecule has 0 saturated heterocycles. The van der Waals surface area contributed by atoms with Crippen LogP contribution >= 0.6 is 11.6 Å². The highest BCUT2D eigenvalue weighted by molar-refractivity contribution is 6.31. The van der Waals surface area contributed by atoms with Gasteiger partial charge in [0.1, 0.15) is 0 Å². The first-order valence-electron chi connectivity index (χ1n) is 3.45. The van der Waals surface area contributed by atoms with Crippen molar-refractivity contribution >= 4 is 17.3 Å². The van der Waals surface area contributed by atoms with E-state index in [-0.39, 0.29) is 10.7 Å². The molecule has 0 amide bonds. The number of halogens is 4. The molecule has 1 aromatic rings. The minimum atomic E-state index is -4.42. The van der Waals surface area contributed by atoms with Gasteiger partial charge in [-0.3, -0.25) is 0 Å². The largest absolute Gasteiger partial charge is 0.417 e. The summed E-state index contributed by atoms with van der Waals surface area (Å²) in [7, 11) is 0. The smallest absolute Gasteiger partial charge is 0.398 e. The quantitative estimate of drug-likeness (QED) is 0.652. The molecule has 1 rings (SSSR count). The fourth-order valence-electron chi connectivity index (χ4n) is 0.914. The Morgan fingerprint density at radius 1 is 1.31 bits per heavy atom. The van der Waals surface area contributed by atoms with Gasteiger partial charge in [0.05, 0.1) is 10.6 Å². The molecule has 5 heteroatoms. The van der Waals surface area contributed by atoms with Gasteiger partial charge in [-0.05, 0) is 24.6 Å². The monoisotopic (exact) mass is 209 g/mol. The lowest BCUT2D eigenvalue weighted by atomic mass is 10.1. The van der Waals surface area contributed by atoms with E-state index in [1.807, 2.05) is 0 Å². The molecule has 0 aliphatic rings. The van der Waals surface area contributed by atoms with Gasteiger partial charge in [-0.2, -0.15) is 13.2 Å². The van der Waals surface area contributed by atoms with Crippen molar-refractivity contribution in [2.75, 3.05) is 5.73 Å². The maximum absolute atomic E-state index is 12.2. The summed E-state index contributed by atoms with van der Waals surface area (Å²) in [6.45, 7) is 1.50. The summed E-state index contributed by atoms with van der Waals surface area (Å²) in [5.74, 6) is 0. The number of alkyl halides is 3. The van der Waals surface area contributed by atoms with Crippen molar-refractivity contribution in [2.45, 2.75) is 13.1 Å². The third-order valence-corrected chi connectivity index (χ3v) is 1.97. The summed E-state index contributed by atoms with van der Waals surface area (Å²) >= 11 is 5.39. The highest BCUT2D eigenvalue weighted by atomic mass is 35.5. The number of hydrogen-bond donors (Lipinski definition) is 1. The Bertz CT molecular complexity index is 333. The number of aryl methyl sites for hydroxylation is 1. The Hall–Kier alpha value is -0.900. The van der Waals surface area contributed by atoms with Crippen LogP contribution in [0.4, 0.5) is 18.9 Å². The van der Waals surface area contributed by atoms with Gasteiger partial charge in [0.2, 0.25) is 0 Å². The van der Waals surface area contributed by atoms with Crippen molar-refractivity contribution in [3.8, 4) is 0 Å². The molecule has 0 fully saturated rings. The standard InChI is InChI=1S/C8H7ClF3N/c1-4-2-5(8(10,11)12)6(9)3-7(4)13/h2-3H,13H2,1H3. The molecule has 0 atom stereocenters. The van der Waals surface area contributed by atoms with E-state index in [0.29, 0.717) is 5.56 Å². The summed E-state index contributed by atoms with van der Waals surface area (Å²) in [6.07, 6.45) is -4.42. The molecule has 0 aliphatic heterocycles. The van der Waals surface area contributed by atoms with E-state index in [2.05, 4.69) is 0 Å². The molecule has 0 aliphatic carbocycles. The second-order valence-electron chi connectivity index (χ2n) is 2.69. The number of rotatable bonds is 0. The maximum Gasteiger partial charge on any atom is 0.417 e. The second kappa shape index (κ2) is 3.10. The number of nitrogen functional groups attached to an aromatic ring is 1. The Morgan fingerprint density at radius 3 is 2.31 bits per heavy atom. The Balaban J connectivity index is 3.32. The van der Waals surface area contributed by atoms with Crippen molar-refractivity contribution in [2.24, 2.45) is 0 Å². The summed E-state index contributed by atoms with van der Waals surface area (Å²) in [5.41, 5.74) is 5.17. The van der Waals surface area contributed by atoms with Crippen molar-refractivity contribution < 1.29 is 13.2 Å². The van der Waals surface area contributed by atoms with Gasteiger partial charge in [-0.1, -0.05) is 11.6 Å². The fraction of sp³-hybridized carbons (Fsp3) is 0.250. The zero-order chi connectivity index (χ0) is 10.2. The lowest BCUT2D eigenvalue weighted by Crippen LogP contribution is -2.07. The van der Waals surface area contributed by atoms with Gasteiger partial charge in [0.15, 0.2) is 0 Å². The molecule has 0 heterocycles. The summed E-state index contributed by atoms with van der Waals surface area (Å²) in [4.78, 5) is 0. The zero-order valence-electron chi connectivity index (χ0n) is 6.74. The first-order valence-corrected chi connectivity index (χ1v) is 3.83. The summed E-state index contributed by atoms with van der Waals surface area (Å²) in [6, 6.07) is 2.05. The number of hydrogen-bond acceptors (Lipinski definition) is 1. The average Bonchev–Trinajstić information content (AvgIpc) is 1.94. The van der Waals surface area contributed by atoms with Crippen LogP contribution in [0, 0.1) is 6.92 Å². The van der Waals surface area contributed by atoms with Crippen LogP contribution in [-0.2, 0) is 6.18 Å². The maximum atomic E-state index is 12.2. The third-order valence-electron chi connectivity index (χ3n) is 1.66. The molecule has 0 aromatic heterocycles. The molecule has 0 spiro atoms. The Kier molecular flexibility index (Phi) is 2.43. The lowest BCUT2D eigenvalue weighted by Gasteiger charge is -2.10. The van der Waals surface area contributed by atoms with E-state index in [1.54, 1.807) is 0 Å². The van der Waals surface area contributed by atoms with E-state index in [4.69, 9.17) is 17.3 Å². The van der Waals surface area contributed by atoms with Crippen LogP contribution in [-0.4, -0.2) is 0 Å². The van der Waals surface area contributed by atoms with Gasteiger partial charge in [-0.15, -0.1) is 0 Å². The van der Waals surface area contributed by atoms with Gasteiger partial charge in [-0.25, -0.2) is 0 Å². The summed E-state index contributed by atoms with van der Waals surface area (Å²) < 4.78 is 36.7. The second-order valence-corrected chi connectivity index (χ2v) is 3.09. The summed E-state index contributed by atoms with van der Waals surface area (Å²) in [5, 5.41) is -0.365. The van der Waals surface area contributed by atoms with Crippen LogP contribution in [0.5, 0.6) is 0 Å². The van der Waals surface area contributed by atoms with Gasteiger partial charge >= 0.3 is 6.18 Å².